The maximum Gasteiger partial charge on any atom is 0.0896 e. The molecule has 102 valence electrons. The van der Waals surface area contributed by atoms with Gasteiger partial charge in [0.15, 0.2) is 0 Å². The van der Waals surface area contributed by atoms with Crippen LogP contribution in [0.3, 0.4) is 0 Å². The summed E-state index contributed by atoms with van der Waals surface area (Å²) < 4.78 is 0. The van der Waals surface area contributed by atoms with Gasteiger partial charge in [-0.05, 0) is 18.4 Å². The SMILES string of the molecule is CCCCCCCC(O)(CCC)c1ccccc1. The van der Waals surface area contributed by atoms with E-state index in [1.54, 1.807) is 0 Å². The summed E-state index contributed by atoms with van der Waals surface area (Å²) in [4.78, 5) is 0. The summed E-state index contributed by atoms with van der Waals surface area (Å²) in [5, 5.41) is 10.8. The molecular formula is C17H28O. The van der Waals surface area contributed by atoms with Crippen molar-refractivity contribution in [1.82, 2.24) is 0 Å². The van der Waals surface area contributed by atoms with Crippen molar-refractivity contribution in [1.29, 1.82) is 0 Å². The molecule has 1 atom stereocenters. The van der Waals surface area contributed by atoms with Crippen LogP contribution in [-0.2, 0) is 5.60 Å². The van der Waals surface area contributed by atoms with Crippen LogP contribution < -0.4 is 0 Å². The molecule has 1 heteroatoms. The Bertz CT molecular complexity index is 307. The van der Waals surface area contributed by atoms with Crippen LogP contribution in [0.1, 0.15) is 70.8 Å². The van der Waals surface area contributed by atoms with Crippen molar-refractivity contribution >= 4 is 0 Å². The van der Waals surface area contributed by atoms with Crippen LogP contribution in [-0.4, -0.2) is 5.11 Å². The van der Waals surface area contributed by atoms with Crippen LogP contribution in [0.25, 0.3) is 0 Å². The lowest BCUT2D eigenvalue weighted by Crippen LogP contribution is -2.25. The molecule has 0 aliphatic heterocycles. The number of hydrogen-bond acceptors (Lipinski definition) is 1. The third-order valence-electron chi connectivity index (χ3n) is 3.67. The smallest absolute Gasteiger partial charge is 0.0896 e. The predicted molar refractivity (Wildman–Crippen MR) is 78.6 cm³/mol. The molecule has 0 aromatic heterocycles. The maximum atomic E-state index is 10.8. The van der Waals surface area contributed by atoms with Gasteiger partial charge in [-0.1, -0.05) is 82.7 Å². The van der Waals surface area contributed by atoms with E-state index in [2.05, 4.69) is 26.0 Å². The van der Waals surface area contributed by atoms with Crippen LogP contribution in [0, 0.1) is 0 Å². The second-order valence-electron chi connectivity index (χ2n) is 5.31. The zero-order chi connectivity index (χ0) is 13.3. The van der Waals surface area contributed by atoms with E-state index in [9.17, 15) is 5.11 Å². The molecule has 1 nitrogen and oxygen atoms in total. The highest BCUT2D eigenvalue weighted by atomic mass is 16.3. The minimum atomic E-state index is -0.609. The molecule has 1 aromatic rings. The summed E-state index contributed by atoms with van der Waals surface area (Å²) in [6.45, 7) is 4.38. The molecule has 0 aliphatic carbocycles. The Kier molecular flexibility index (Phi) is 7.04. The first kappa shape index (κ1) is 15.2. The molecule has 0 amide bonds. The maximum absolute atomic E-state index is 10.8. The molecule has 0 spiro atoms. The van der Waals surface area contributed by atoms with Gasteiger partial charge in [-0.2, -0.15) is 0 Å². The van der Waals surface area contributed by atoms with E-state index in [0.717, 1.165) is 31.2 Å². The minimum absolute atomic E-state index is 0.609. The average molecular weight is 248 g/mol. The quantitative estimate of drug-likeness (QED) is 0.607. The van der Waals surface area contributed by atoms with Crippen LogP contribution >= 0.6 is 0 Å². The van der Waals surface area contributed by atoms with E-state index in [-0.39, 0.29) is 0 Å². The average Bonchev–Trinajstić information content (AvgIpc) is 2.40. The lowest BCUT2D eigenvalue weighted by molar-refractivity contribution is 0.0151. The van der Waals surface area contributed by atoms with Crippen molar-refractivity contribution in [3.05, 3.63) is 35.9 Å². The van der Waals surface area contributed by atoms with E-state index in [4.69, 9.17) is 0 Å². The van der Waals surface area contributed by atoms with Crippen molar-refractivity contribution in [3.8, 4) is 0 Å². The van der Waals surface area contributed by atoms with Gasteiger partial charge < -0.3 is 5.11 Å². The first-order chi connectivity index (χ1) is 8.73. The van der Waals surface area contributed by atoms with Crippen molar-refractivity contribution in [2.75, 3.05) is 0 Å². The number of unbranched alkanes of at least 4 members (excludes halogenated alkanes) is 4. The van der Waals surface area contributed by atoms with E-state index in [1.807, 2.05) is 18.2 Å². The normalized spacial score (nSPS) is 14.4. The zero-order valence-electron chi connectivity index (χ0n) is 12.0. The van der Waals surface area contributed by atoms with Crippen LogP contribution in [0.4, 0.5) is 0 Å². The van der Waals surface area contributed by atoms with Gasteiger partial charge in [0.25, 0.3) is 0 Å². The summed E-state index contributed by atoms with van der Waals surface area (Å²) in [5.74, 6) is 0. The Hall–Kier alpha value is -0.820. The number of benzene rings is 1. The third kappa shape index (κ3) is 4.81. The fourth-order valence-electron chi connectivity index (χ4n) is 2.60. The first-order valence-corrected chi connectivity index (χ1v) is 7.51. The molecule has 0 heterocycles. The molecule has 0 saturated carbocycles. The van der Waals surface area contributed by atoms with Crippen LogP contribution in [0.2, 0.25) is 0 Å². The van der Waals surface area contributed by atoms with Gasteiger partial charge in [0, 0.05) is 0 Å². The van der Waals surface area contributed by atoms with E-state index in [0.29, 0.717) is 0 Å². The highest BCUT2D eigenvalue weighted by molar-refractivity contribution is 5.22. The van der Waals surface area contributed by atoms with Crippen molar-refractivity contribution in [2.24, 2.45) is 0 Å². The molecule has 1 rings (SSSR count). The Labute approximate surface area is 112 Å². The van der Waals surface area contributed by atoms with Gasteiger partial charge in [0.05, 0.1) is 5.60 Å². The molecule has 1 N–H and O–H groups in total. The number of rotatable bonds is 9. The highest BCUT2D eigenvalue weighted by Gasteiger charge is 2.27. The van der Waals surface area contributed by atoms with E-state index < -0.39 is 5.60 Å². The lowest BCUT2D eigenvalue weighted by atomic mass is 9.84. The van der Waals surface area contributed by atoms with Gasteiger partial charge in [0.1, 0.15) is 0 Å². The Morgan fingerprint density at radius 2 is 1.50 bits per heavy atom. The summed E-state index contributed by atoms with van der Waals surface area (Å²) >= 11 is 0. The number of hydrogen-bond donors (Lipinski definition) is 1. The van der Waals surface area contributed by atoms with Gasteiger partial charge in [-0.3, -0.25) is 0 Å². The Balaban J connectivity index is 2.52. The summed E-state index contributed by atoms with van der Waals surface area (Å²) in [5.41, 5.74) is 0.477. The summed E-state index contributed by atoms with van der Waals surface area (Å²) in [7, 11) is 0. The molecule has 0 fully saturated rings. The molecular weight excluding hydrogens is 220 g/mol. The summed E-state index contributed by atoms with van der Waals surface area (Å²) in [6, 6.07) is 10.2. The van der Waals surface area contributed by atoms with Gasteiger partial charge in [-0.15, -0.1) is 0 Å². The van der Waals surface area contributed by atoms with Crippen molar-refractivity contribution in [3.63, 3.8) is 0 Å². The zero-order valence-corrected chi connectivity index (χ0v) is 12.0. The first-order valence-electron chi connectivity index (χ1n) is 7.51. The topological polar surface area (TPSA) is 20.2 Å². The fourth-order valence-corrected chi connectivity index (χ4v) is 2.60. The standard InChI is InChI=1S/C17H28O/c1-3-5-6-7-11-15-17(18,14-4-2)16-12-9-8-10-13-16/h8-10,12-13,18H,3-7,11,14-15H2,1-2H3. The van der Waals surface area contributed by atoms with Gasteiger partial charge in [-0.25, -0.2) is 0 Å². The molecule has 0 bridgehead atoms. The van der Waals surface area contributed by atoms with Crippen molar-refractivity contribution < 1.29 is 5.11 Å². The summed E-state index contributed by atoms with van der Waals surface area (Å²) in [6.07, 6.45) is 9.06. The third-order valence-corrected chi connectivity index (χ3v) is 3.67. The largest absolute Gasteiger partial charge is 0.385 e. The van der Waals surface area contributed by atoms with Crippen LogP contribution in [0.15, 0.2) is 30.3 Å². The molecule has 0 radical (unpaired) electrons. The Morgan fingerprint density at radius 3 is 2.11 bits per heavy atom. The molecule has 18 heavy (non-hydrogen) atoms. The molecule has 1 aromatic carbocycles. The van der Waals surface area contributed by atoms with Gasteiger partial charge >= 0.3 is 0 Å². The van der Waals surface area contributed by atoms with Crippen molar-refractivity contribution in [2.45, 2.75) is 70.8 Å². The minimum Gasteiger partial charge on any atom is -0.385 e. The van der Waals surface area contributed by atoms with Crippen LogP contribution in [0.5, 0.6) is 0 Å². The molecule has 0 aliphatic rings. The Morgan fingerprint density at radius 1 is 0.833 bits per heavy atom. The van der Waals surface area contributed by atoms with E-state index in [1.165, 1.54) is 25.7 Å². The molecule has 1 unspecified atom stereocenters. The fraction of sp³-hybridized carbons (Fsp3) is 0.647. The van der Waals surface area contributed by atoms with E-state index >= 15 is 0 Å². The molecule has 0 saturated heterocycles. The predicted octanol–water partition coefficient (Wildman–Crippen LogP) is 5.03. The second-order valence-corrected chi connectivity index (χ2v) is 5.31. The highest BCUT2D eigenvalue weighted by Crippen LogP contribution is 2.32. The number of aliphatic hydroxyl groups is 1. The monoisotopic (exact) mass is 248 g/mol. The van der Waals surface area contributed by atoms with Gasteiger partial charge in [0.2, 0.25) is 0 Å². The lowest BCUT2D eigenvalue weighted by Gasteiger charge is -2.28. The second kappa shape index (κ2) is 8.31.